The lowest BCUT2D eigenvalue weighted by atomic mass is 10.3. The number of nitrogens with one attached hydrogen (secondary N) is 2. The summed E-state index contributed by atoms with van der Waals surface area (Å²) in [6.07, 6.45) is 5.68. The Morgan fingerprint density at radius 1 is 1.50 bits per heavy atom. The SMILES string of the molecule is C#CCCNC(=O)CN1CCNCC1. The second-order valence-corrected chi connectivity index (χ2v) is 3.33. The molecule has 1 amide bonds. The third-order valence-electron chi connectivity index (χ3n) is 2.17. The maximum atomic E-state index is 11.3. The van der Waals surface area contributed by atoms with Crippen LogP contribution in [0.1, 0.15) is 6.42 Å². The fourth-order valence-electron chi connectivity index (χ4n) is 1.40. The molecule has 1 rings (SSSR count). The van der Waals surface area contributed by atoms with Crippen LogP contribution in [0.2, 0.25) is 0 Å². The van der Waals surface area contributed by atoms with Gasteiger partial charge in [-0.05, 0) is 0 Å². The van der Waals surface area contributed by atoms with Crippen LogP contribution >= 0.6 is 0 Å². The highest BCUT2D eigenvalue weighted by Gasteiger charge is 2.12. The minimum Gasteiger partial charge on any atom is -0.354 e. The van der Waals surface area contributed by atoms with Crippen LogP contribution < -0.4 is 10.6 Å². The minimum absolute atomic E-state index is 0.0714. The molecule has 0 spiro atoms. The van der Waals surface area contributed by atoms with E-state index in [0.29, 0.717) is 19.5 Å². The number of amides is 1. The lowest BCUT2D eigenvalue weighted by Crippen LogP contribution is -2.47. The summed E-state index contributed by atoms with van der Waals surface area (Å²) in [5, 5.41) is 6.03. The zero-order valence-corrected chi connectivity index (χ0v) is 8.38. The summed E-state index contributed by atoms with van der Waals surface area (Å²) in [6, 6.07) is 0. The van der Waals surface area contributed by atoms with Crippen LogP contribution in [0.15, 0.2) is 0 Å². The van der Waals surface area contributed by atoms with Crippen molar-refractivity contribution in [2.24, 2.45) is 0 Å². The summed E-state index contributed by atoms with van der Waals surface area (Å²) in [4.78, 5) is 13.5. The highest BCUT2D eigenvalue weighted by atomic mass is 16.2. The molecule has 2 N–H and O–H groups in total. The van der Waals surface area contributed by atoms with Gasteiger partial charge in [0.25, 0.3) is 0 Å². The van der Waals surface area contributed by atoms with E-state index in [1.807, 2.05) is 0 Å². The predicted octanol–water partition coefficient (Wildman–Crippen LogP) is -0.969. The second-order valence-electron chi connectivity index (χ2n) is 3.33. The number of carbonyl (C=O) groups excluding carboxylic acids is 1. The van der Waals surface area contributed by atoms with Crippen LogP contribution in [0, 0.1) is 12.3 Å². The quantitative estimate of drug-likeness (QED) is 0.448. The summed E-state index contributed by atoms with van der Waals surface area (Å²) >= 11 is 0. The van der Waals surface area contributed by atoms with Crippen molar-refractivity contribution in [3.63, 3.8) is 0 Å². The average molecular weight is 195 g/mol. The molecule has 0 aromatic heterocycles. The topological polar surface area (TPSA) is 44.4 Å². The Morgan fingerprint density at radius 3 is 2.86 bits per heavy atom. The van der Waals surface area contributed by atoms with Gasteiger partial charge in [-0.2, -0.15) is 0 Å². The Labute approximate surface area is 85.0 Å². The van der Waals surface area contributed by atoms with Gasteiger partial charge >= 0.3 is 0 Å². The Kier molecular flexibility index (Phi) is 5.05. The Bertz CT molecular complexity index is 216. The highest BCUT2D eigenvalue weighted by Crippen LogP contribution is 1.90. The van der Waals surface area contributed by atoms with E-state index in [1.165, 1.54) is 0 Å². The van der Waals surface area contributed by atoms with Crippen LogP contribution in [0.4, 0.5) is 0 Å². The normalized spacial score (nSPS) is 17.4. The summed E-state index contributed by atoms with van der Waals surface area (Å²) in [5.41, 5.74) is 0. The molecule has 1 aliphatic heterocycles. The number of rotatable bonds is 4. The van der Waals surface area contributed by atoms with Crippen molar-refractivity contribution in [1.29, 1.82) is 0 Å². The van der Waals surface area contributed by atoms with Crippen LogP contribution in [0.5, 0.6) is 0 Å². The van der Waals surface area contributed by atoms with E-state index >= 15 is 0 Å². The van der Waals surface area contributed by atoms with Crippen molar-refractivity contribution in [3.8, 4) is 12.3 Å². The lowest BCUT2D eigenvalue weighted by molar-refractivity contribution is -0.122. The van der Waals surface area contributed by atoms with Gasteiger partial charge in [0, 0.05) is 39.1 Å². The van der Waals surface area contributed by atoms with E-state index in [0.717, 1.165) is 26.2 Å². The first-order chi connectivity index (χ1) is 6.83. The Hall–Kier alpha value is -1.05. The molecule has 1 saturated heterocycles. The maximum Gasteiger partial charge on any atom is 0.234 e. The first kappa shape index (κ1) is 11.0. The summed E-state index contributed by atoms with van der Waals surface area (Å²) in [7, 11) is 0. The highest BCUT2D eigenvalue weighted by molar-refractivity contribution is 5.78. The van der Waals surface area contributed by atoms with Crippen LogP contribution in [-0.2, 0) is 4.79 Å². The number of terminal acetylenes is 1. The molecule has 0 saturated carbocycles. The van der Waals surface area contributed by atoms with Gasteiger partial charge < -0.3 is 10.6 Å². The molecular formula is C10H17N3O. The lowest BCUT2D eigenvalue weighted by Gasteiger charge is -2.26. The molecule has 0 atom stereocenters. The van der Waals surface area contributed by atoms with Gasteiger partial charge in [0.15, 0.2) is 0 Å². The van der Waals surface area contributed by atoms with E-state index in [1.54, 1.807) is 0 Å². The third kappa shape index (κ3) is 4.26. The molecule has 1 fully saturated rings. The number of hydrogen-bond donors (Lipinski definition) is 2. The van der Waals surface area contributed by atoms with Crippen molar-refractivity contribution in [3.05, 3.63) is 0 Å². The molecule has 0 radical (unpaired) electrons. The summed E-state index contributed by atoms with van der Waals surface area (Å²) in [5.74, 6) is 2.56. The van der Waals surface area contributed by atoms with Crippen LogP contribution in [0.3, 0.4) is 0 Å². The second kappa shape index (κ2) is 6.41. The van der Waals surface area contributed by atoms with E-state index < -0.39 is 0 Å². The van der Waals surface area contributed by atoms with Crippen molar-refractivity contribution in [1.82, 2.24) is 15.5 Å². The molecule has 0 unspecified atom stereocenters. The molecule has 1 aliphatic rings. The van der Waals surface area contributed by atoms with Crippen molar-refractivity contribution in [2.75, 3.05) is 39.3 Å². The van der Waals surface area contributed by atoms with Gasteiger partial charge in [0.2, 0.25) is 5.91 Å². The third-order valence-corrected chi connectivity index (χ3v) is 2.17. The van der Waals surface area contributed by atoms with Gasteiger partial charge in [-0.15, -0.1) is 12.3 Å². The number of carbonyl (C=O) groups is 1. The van der Waals surface area contributed by atoms with Crippen LogP contribution in [-0.4, -0.2) is 50.1 Å². The van der Waals surface area contributed by atoms with Gasteiger partial charge in [0.1, 0.15) is 0 Å². The number of nitrogens with zero attached hydrogens (tertiary/aromatic N) is 1. The van der Waals surface area contributed by atoms with E-state index in [-0.39, 0.29) is 5.91 Å². The Morgan fingerprint density at radius 2 is 2.21 bits per heavy atom. The predicted molar refractivity (Wildman–Crippen MR) is 55.8 cm³/mol. The van der Waals surface area contributed by atoms with Crippen molar-refractivity contribution < 1.29 is 4.79 Å². The molecule has 78 valence electrons. The van der Waals surface area contributed by atoms with E-state index in [4.69, 9.17) is 6.42 Å². The van der Waals surface area contributed by atoms with E-state index in [9.17, 15) is 4.79 Å². The average Bonchev–Trinajstić information content (AvgIpc) is 2.20. The summed E-state index contributed by atoms with van der Waals surface area (Å²) < 4.78 is 0. The largest absolute Gasteiger partial charge is 0.354 e. The van der Waals surface area contributed by atoms with Crippen molar-refractivity contribution in [2.45, 2.75) is 6.42 Å². The molecule has 0 aromatic carbocycles. The fourth-order valence-corrected chi connectivity index (χ4v) is 1.40. The van der Waals surface area contributed by atoms with Crippen LogP contribution in [0.25, 0.3) is 0 Å². The fraction of sp³-hybridized carbons (Fsp3) is 0.700. The van der Waals surface area contributed by atoms with Gasteiger partial charge in [0.05, 0.1) is 6.54 Å². The molecule has 4 heteroatoms. The van der Waals surface area contributed by atoms with Gasteiger partial charge in [-0.25, -0.2) is 0 Å². The van der Waals surface area contributed by atoms with Gasteiger partial charge in [-0.3, -0.25) is 9.69 Å². The number of hydrogen-bond acceptors (Lipinski definition) is 3. The Balaban J connectivity index is 2.10. The van der Waals surface area contributed by atoms with Crippen molar-refractivity contribution >= 4 is 5.91 Å². The molecule has 4 nitrogen and oxygen atoms in total. The molecule has 0 aromatic rings. The number of piperazine rings is 1. The summed E-state index contributed by atoms with van der Waals surface area (Å²) in [6.45, 7) is 4.91. The molecule has 14 heavy (non-hydrogen) atoms. The van der Waals surface area contributed by atoms with Gasteiger partial charge in [-0.1, -0.05) is 0 Å². The molecule has 0 bridgehead atoms. The standard InChI is InChI=1S/C10H17N3O/c1-2-3-4-12-10(14)9-13-7-5-11-6-8-13/h1,11H,3-9H2,(H,12,14). The zero-order valence-electron chi connectivity index (χ0n) is 8.38. The molecular weight excluding hydrogens is 178 g/mol. The first-order valence-electron chi connectivity index (χ1n) is 4.96. The molecule has 0 aliphatic carbocycles. The van der Waals surface area contributed by atoms with E-state index in [2.05, 4.69) is 21.5 Å². The smallest absolute Gasteiger partial charge is 0.234 e. The maximum absolute atomic E-state index is 11.3. The molecule has 1 heterocycles. The first-order valence-corrected chi connectivity index (χ1v) is 4.96. The monoisotopic (exact) mass is 195 g/mol. The zero-order chi connectivity index (χ0) is 10.2. The minimum atomic E-state index is 0.0714.